The number of likely N-dealkylation sites (N-methyl/N-ethyl adjacent to an activating group) is 1. The number of amides is 1. The molecule has 0 saturated carbocycles. The first-order valence-corrected chi connectivity index (χ1v) is 6.06. The molecule has 0 aromatic heterocycles. The maximum Gasteiger partial charge on any atom is 0.323 e. The van der Waals surface area contributed by atoms with Crippen LogP contribution in [0.4, 0.5) is 0 Å². The number of carboxylic acid groups (broad SMARTS) is 1. The van der Waals surface area contributed by atoms with Crippen LogP contribution in [0.1, 0.15) is 13.3 Å². The number of carboxylic acids is 1. The number of hydrogen-bond acceptors (Lipinski definition) is 4. The highest BCUT2D eigenvalue weighted by molar-refractivity contribution is 5.82. The van der Waals surface area contributed by atoms with Crippen LogP contribution in [0.3, 0.4) is 0 Å². The van der Waals surface area contributed by atoms with Crippen molar-refractivity contribution in [2.45, 2.75) is 13.3 Å². The summed E-state index contributed by atoms with van der Waals surface area (Å²) in [5.41, 5.74) is 0. The summed E-state index contributed by atoms with van der Waals surface area (Å²) in [4.78, 5) is 25.9. The van der Waals surface area contributed by atoms with E-state index < -0.39 is 5.97 Å². The van der Waals surface area contributed by atoms with Crippen molar-refractivity contribution < 1.29 is 14.7 Å². The molecule has 0 aliphatic carbocycles. The zero-order chi connectivity index (χ0) is 12.7. The second kappa shape index (κ2) is 7.24. The number of nitrogens with one attached hydrogen (secondary N) is 1. The van der Waals surface area contributed by atoms with Gasteiger partial charge in [0, 0.05) is 19.6 Å². The Bertz CT molecular complexity index is 263. The summed E-state index contributed by atoms with van der Waals surface area (Å²) in [6, 6.07) is 0. The van der Waals surface area contributed by atoms with Crippen molar-refractivity contribution >= 4 is 11.9 Å². The fourth-order valence-corrected chi connectivity index (χ4v) is 1.89. The summed E-state index contributed by atoms with van der Waals surface area (Å²) in [5.74, 6) is -1.06. The molecule has 17 heavy (non-hydrogen) atoms. The molecule has 1 fully saturated rings. The van der Waals surface area contributed by atoms with Gasteiger partial charge in [0.1, 0.15) is 6.54 Å². The van der Waals surface area contributed by atoms with Crippen LogP contribution in [0.25, 0.3) is 0 Å². The number of hydrogen-bond donors (Lipinski definition) is 2. The zero-order valence-electron chi connectivity index (χ0n) is 10.3. The minimum Gasteiger partial charge on any atom is -0.480 e. The van der Waals surface area contributed by atoms with E-state index in [1.165, 1.54) is 4.90 Å². The molecule has 1 aliphatic rings. The van der Waals surface area contributed by atoms with Gasteiger partial charge < -0.3 is 15.3 Å². The van der Waals surface area contributed by atoms with Gasteiger partial charge in [-0.25, -0.2) is 0 Å². The average Bonchev–Trinajstić information content (AvgIpc) is 2.54. The molecule has 0 unspecified atom stereocenters. The van der Waals surface area contributed by atoms with E-state index in [0.717, 1.165) is 32.6 Å². The molecule has 1 aliphatic heterocycles. The van der Waals surface area contributed by atoms with Gasteiger partial charge >= 0.3 is 5.97 Å². The highest BCUT2D eigenvalue weighted by Gasteiger charge is 2.18. The Labute approximate surface area is 102 Å². The standard InChI is InChI=1S/C11H21N3O3/c1-2-14(9-11(16)17)10(15)8-13-6-3-4-12-5-7-13/h12H,2-9H2,1H3,(H,16,17). The minimum absolute atomic E-state index is 0.100. The van der Waals surface area contributed by atoms with Crippen molar-refractivity contribution in [2.24, 2.45) is 0 Å². The van der Waals surface area contributed by atoms with E-state index in [0.29, 0.717) is 13.1 Å². The van der Waals surface area contributed by atoms with E-state index in [1.807, 2.05) is 0 Å². The molecule has 6 nitrogen and oxygen atoms in total. The second-order valence-electron chi connectivity index (χ2n) is 4.18. The van der Waals surface area contributed by atoms with E-state index in [4.69, 9.17) is 5.11 Å². The summed E-state index contributed by atoms with van der Waals surface area (Å²) in [5, 5.41) is 12.0. The van der Waals surface area contributed by atoms with Gasteiger partial charge in [-0.05, 0) is 26.4 Å². The van der Waals surface area contributed by atoms with Crippen molar-refractivity contribution in [1.29, 1.82) is 0 Å². The van der Waals surface area contributed by atoms with Crippen molar-refractivity contribution in [3.63, 3.8) is 0 Å². The van der Waals surface area contributed by atoms with E-state index in [1.54, 1.807) is 6.92 Å². The van der Waals surface area contributed by atoms with Gasteiger partial charge in [-0.3, -0.25) is 14.5 Å². The molecule has 2 N–H and O–H groups in total. The Balaban J connectivity index is 2.41. The largest absolute Gasteiger partial charge is 0.480 e. The molecular formula is C11H21N3O3. The highest BCUT2D eigenvalue weighted by atomic mass is 16.4. The fraction of sp³-hybridized carbons (Fsp3) is 0.818. The quantitative estimate of drug-likeness (QED) is 0.662. The van der Waals surface area contributed by atoms with Gasteiger partial charge in [0.15, 0.2) is 0 Å². The number of nitrogens with zero attached hydrogens (tertiary/aromatic N) is 2. The molecule has 1 rings (SSSR count). The molecule has 1 amide bonds. The molecule has 0 radical (unpaired) electrons. The molecule has 0 spiro atoms. The summed E-state index contributed by atoms with van der Waals surface area (Å²) >= 11 is 0. The Kier molecular flexibility index (Phi) is 5.93. The van der Waals surface area contributed by atoms with Crippen LogP contribution < -0.4 is 5.32 Å². The molecule has 0 aromatic rings. The van der Waals surface area contributed by atoms with E-state index in [2.05, 4.69) is 10.2 Å². The Hall–Kier alpha value is -1.14. The van der Waals surface area contributed by atoms with Gasteiger partial charge in [0.25, 0.3) is 0 Å². The van der Waals surface area contributed by atoms with Crippen LogP contribution in [0.2, 0.25) is 0 Å². The first kappa shape index (κ1) is 13.9. The number of carbonyl (C=O) groups excluding carboxylic acids is 1. The van der Waals surface area contributed by atoms with Gasteiger partial charge in [-0.2, -0.15) is 0 Å². The lowest BCUT2D eigenvalue weighted by molar-refractivity contribution is -0.144. The first-order chi connectivity index (χ1) is 8.13. The molecular weight excluding hydrogens is 222 g/mol. The minimum atomic E-state index is -0.960. The van der Waals surface area contributed by atoms with Crippen LogP contribution in [-0.4, -0.2) is 72.6 Å². The van der Waals surface area contributed by atoms with Crippen molar-refractivity contribution in [2.75, 3.05) is 45.8 Å². The zero-order valence-corrected chi connectivity index (χ0v) is 10.3. The topological polar surface area (TPSA) is 72.9 Å². The third-order valence-corrected chi connectivity index (χ3v) is 2.85. The van der Waals surface area contributed by atoms with E-state index in [9.17, 15) is 9.59 Å². The van der Waals surface area contributed by atoms with Crippen LogP contribution in [0.15, 0.2) is 0 Å². The molecule has 0 bridgehead atoms. The number of aliphatic carboxylic acids is 1. The lowest BCUT2D eigenvalue weighted by Gasteiger charge is -2.24. The SMILES string of the molecule is CCN(CC(=O)O)C(=O)CN1CCCNCC1. The van der Waals surface area contributed by atoms with Crippen LogP contribution in [-0.2, 0) is 9.59 Å². The summed E-state index contributed by atoms with van der Waals surface area (Å²) in [7, 11) is 0. The normalized spacial score (nSPS) is 17.5. The molecule has 6 heteroatoms. The van der Waals surface area contributed by atoms with Gasteiger partial charge in [-0.1, -0.05) is 0 Å². The lowest BCUT2D eigenvalue weighted by atomic mass is 10.3. The Morgan fingerprint density at radius 3 is 2.76 bits per heavy atom. The average molecular weight is 243 g/mol. The number of carbonyl (C=O) groups is 2. The van der Waals surface area contributed by atoms with Gasteiger partial charge in [0.2, 0.25) is 5.91 Å². The molecule has 1 saturated heterocycles. The monoisotopic (exact) mass is 243 g/mol. The smallest absolute Gasteiger partial charge is 0.323 e. The van der Waals surface area contributed by atoms with Crippen molar-refractivity contribution in [1.82, 2.24) is 15.1 Å². The number of rotatable bonds is 5. The van der Waals surface area contributed by atoms with Crippen LogP contribution in [0.5, 0.6) is 0 Å². The van der Waals surface area contributed by atoms with Crippen molar-refractivity contribution in [3.05, 3.63) is 0 Å². The van der Waals surface area contributed by atoms with E-state index >= 15 is 0 Å². The lowest BCUT2D eigenvalue weighted by Crippen LogP contribution is -2.43. The van der Waals surface area contributed by atoms with Gasteiger partial charge in [0.05, 0.1) is 6.54 Å². The molecule has 98 valence electrons. The predicted octanol–water partition coefficient (Wildman–Crippen LogP) is -0.785. The third kappa shape index (κ3) is 5.14. The predicted molar refractivity (Wildman–Crippen MR) is 63.8 cm³/mol. The second-order valence-corrected chi connectivity index (χ2v) is 4.18. The molecule has 0 aromatic carbocycles. The highest BCUT2D eigenvalue weighted by Crippen LogP contribution is 1.98. The van der Waals surface area contributed by atoms with E-state index in [-0.39, 0.29) is 12.5 Å². The van der Waals surface area contributed by atoms with Crippen LogP contribution in [0, 0.1) is 0 Å². The summed E-state index contributed by atoms with van der Waals surface area (Å²) in [6.07, 6.45) is 1.03. The molecule has 0 atom stereocenters. The maximum absolute atomic E-state index is 11.9. The Morgan fingerprint density at radius 2 is 2.12 bits per heavy atom. The fourth-order valence-electron chi connectivity index (χ4n) is 1.89. The van der Waals surface area contributed by atoms with Gasteiger partial charge in [-0.15, -0.1) is 0 Å². The van der Waals surface area contributed by atoms with Crippen molar-refractivity contribution in [3.8, 4) is 0 Å². The maximum atomic E-state index is 11.9. The summed E-state index contributed by atoms with van der Waals surface area (Å²) in [6.45, 7) is 5.96. The van der Waals surface area contributed by atoms with Crippen LogP contribution >= 0.6 is 0 Å². The summed E-state index contributed by atoms with van der Waals surface area (Å²) < 4.78 is 0. The third-order valence-electron chi connectivity index (χ3n) is 2.85. The molecule has 1 heterocycles. The Morgan fingerprint density at radius 1 is 1.35 bits per heavy atom. The first-order valence-electron chi connectivity index (χ1n) is 6.06.